The number of hydrogen-bond donors (Lipinski definition) is 1. The third kappa shape index (κ3) is 1.72. The molecule has 0 saturated carbocycles. The van der Waals surface area contributed by atoms with E-state index < -0.39 is 0 Å². The highest BCUT2D eigenvalue weighted by Crippen LogP contribution is 2.32. The fraction of sp³-hybridized carbons (Fsp3) is 0. The van der Waals surface area contributed by atoms with Crippen molar-refractivity contribution in [3.05, 3.63) is 59.5 Å². The molecule has 0 unspecified atom stereocenters. The summed E-state index contributed by atoms with van der Waals surface area (Å²) in [6.07, 6.45) is 3.63. The van der Waals surface area contributed by atoms with E-state index in [2.05, 4.69) is 49.1 Å². The Hall–Kier alpha value is -2.20. The van der Waals surface area contributed by atoms with E-state index >= 15 is 0 Å². The smallest absolute Gasteiger partial charge is 0.116 e. The van der Waals surface area contributed by atoms with Crippen molar-refractivity contribution in [3.8, 4) is 11.3 Å². The summed E-state index contributed by atoms with van der Waals surface area (Å²) in [5, 5.41) is 2.22. The number of para-hydroxylation sites is 1. The van der Waals surface area contributed by atoms with Gasteiger partial charge in [-0.15, -0.1) is 0 Å². The third-order valence-electron chi connectivity index (χ3n) is 3.44. The Morgan fingerprint density at radius 1 is 0.950 bits per heavy atom. The quantitative estimate of drug-likeness (QED) is 0.558. The van der Waals surface area contributed by atoms with Crippen LogP contribution in [0.15, 0.2) is 59.5 Å². The minimum atomic E-state index is 0.958. The average Bonchev–Trinajstić information content (AvgIpc) is 2.89. The highest BCUT2D eigenvalue weighted by atomic mass is 79.9. The Morgan fingerprint density at radius 2 is 1.85 bits per heavy atom. The van der Waals surface area contributed by atoms with Gasteiger partial charge in [-0.05, 0) is 24.3 Å². The molecule has 0 saturated heterocycles. The lowest BCUT2D eigenvalue weighted by atomic mass is 10.1. The minimum absolute atomic E-state index is 0.958. The zero-order valence-electron chi connectivity index (χ0n) is 10.5. The molecule has 0 spiro atoms. The number of rotatable bonds is 1. The highest BCUT2D eigenvalue weighted by Gasteiger charge is 2.11. The van der Waals surface area contributed by atoms with Crippen molar-refractivity contribution in [1.29, 1.82) is 0 Å². The van der Waals surface area contributed by atoms with Crippen molar-refractivity contribution in [2.45, 2.75) is 0 Å². The number of hydrogen-bond acceptors (Lipinski definition) is 2. The number of H-pyrrole nitrogens is 1. The first-order valence-corrected chi connectivity index (χ1v) is 7.09. The fourth-order valence-corrected chi connectivity index (χ4v) is 2.87. The average molecular weight is 324 g/mol. The molecule has 0 fully saturated rings. The molecule has 20 heavy (non-hydrogen) atoms. The van der Waals surface area contributed by atoms with Crippen LogP contribution in [-0.4, -0.2) is 15.0 Å². The Kier molecular flexibility index (Phi) is 2.57. The number of nitrogens with one attached hydrogen (secondary N) is 1. The second-order valence-corrected chi connectivity index (χ2v) is 5.55. The van der Waals surface area contributed by atoms with Crippen LogP contribution in [0.25, 0.3) is 33.1 Å². The van der Waals surface area contributed by atoms with E-state index in [0.29, 0.717) is 0 Å². The number of fused-ring (bicyclic) bond motifs is 2. The van der Waals surface area contributed by atoms with Crippen LogP contribution in [0.1, 0.15) is 0 Å². The van der Waals surface area contributed by atoms with Gasteiger partial charge in [-0.2, -0.15) is 0 Å². The van der Waals surface area contributed by atoms with Gasteiger partial charge in [0.15, 0.2) is 0 Å². The molecular weight excluding hydrogens is 314 g/mol. The van der Waals surface area contributed by atoms with Crippen LogP contribution >= 0.6 is 15.9 Å². The first-order chi connectivity index (χ1) is 9.83. The number of nitrogens with zero attached hydrogens (tertiary/aromatic N) is 2. The zero-order valence-corrected chi connectivity index (χ0v) is 12.1. The number of halogens is 1. The molecule has 0 bridgehead atoms. The van der Waals surface area contributed by atoms with E-state index in [4.69, 9.17) is 0 Å². The van der Waals surface area contributed by atoms with Crippen LogP contribution in [0.2, 0.25) is 0 Å². The molecule has 96 valence electrons. The summed E-state index contributed by atoms with van der Waals surface area (Å²) in [7, 11) is 0. The van der Waals surface area contributed by atoms with Crippen molar-refractivity contribution < 1.29 is 0 Å². The molecule has 3 nitrogen and oxygen atoms in total. The lowest BCUT2D eigenvalue weighted by Gasteiger charge is -2.04. The summed E-state index contributed by atoms with van der Waals surface area (Å²) >= 11 is 3.53. The standard InChI is InChI=1S/C16H10BrN3/c17-10-5-6-15-12(7-10)13(8-18-15)16-11-3-1-2-4-14(11)19-9-20-16/h1-9,18H. The van der Waals surface area contributed by atoms with E-state index in [1.54, 1.807) is 6.33 Å². The van der Waals surface area contributed by atoms with Crippen molar-refractivity contribution in [2.24, 2.45) is 0 Å². The Bertz CT molecular complexity index is 922. The Labute approximate surface area is 123 Å². The van der Waals surface area contributed by atoms with Crippen molar-refractivity contribution in [2.75, 3.05) is 0 Å². The second-order valence-electron chi connectivity index (χ2n) is 4.63. The maximum Gasteiger partial charge on any atom is 0.116 e. The van der Waals surface area contributed by atoms with Gasteiger partial charge in [0.05, 0.1) is 11.2 Å². The fourth-order valence-electron chi connectivity index (χ4n) is 2.51. The van der Waals surface area contributed by atoms with Crippen LogP contribution in [-0.2, 0) is 0 Å². The molecule has 4 heteroatoms. The van der Waals surface area contributed by atoms with Gasteiger partial charge in [-0.3, -0.25) is 0 Å². The van der Waals surface area contributed by atoms with Crippen LogP contribution in [0.3, 0.4) is 0 Å². The molecule has 4 aromatic rings. The maximum atomic E-state index is 4.48. The van der Waals surface area contributed by atoms with E-state index in [9.17, 15) is 0 Å². The van der Waals surface area contributed by atoms with Crippen molar-refractivity contribution in [1.82, 2.24) is 15.0 Å². The monoisotopic (exact) mass is 323 g/mol. The molecule has 0 aliphatic carbocycles. The summed E-state index contributed by atoms with van der Waals surface area (Å²) in [6.45, 7) is 0. The topological polar surface area (TPSA) is 41.6 Å². The predicted molar refractivity (Wildman–Crippen MR) is 84.5 cm³/mol. The van der Waals surface area contributed by atoms with E-state index in [1.165, 1.54) is 0 Å². The molecule has 0 aliphatic rings. The van der Waals surface area contributed by atoms with Crippen LogP contribution in [0.4, 0.5) is 0 Å². The molecule has 1 N–H and O–H groups in total. The second kappa shape index (κ2) is 4.42. The van der Waals surface area contributed by atoms with Crippen LogP contribution < -0.4 is 0 Å². The predicted octanol–water partition coefficient (Wildman–Crippen LogP) is 4.54. The molecule has 2 aromatic heterocycles. The molecule has 0 amide bonds. The summed E-state index contributed by atoms with van der Waals surface area (Å²) < 4.78 is 1.06. The first-order valence-electron chi connectivity index (χ1n) is 6.30. The van der Waals surface area contributed by atoms with Gasteiger partial charge in [0.1, 0.15) is 6.33 Å². The Morgan fingerprint density at radius 3 is 2.80 bits per heavy atom. The Balaban J connectivity index is 2.09. The van der Waals surface area contributed by atoms with Gasteiger partial charge in [0.2, 0.25) is 0 Å². The molecule has 4 rings (SSSR count). The summed E-state index contributed by atoms with van der Waals surface area (Å²) in [5.74, 6) is 0. The zero-order chi connectivity index (χ0) is 13.5. The molecule has 2 aromatic carbocycles. The first kappa shape index (κ1) is 11.6. The maximum absolute atomic E-state index is 4.48. The van der Waals surface area contributed by atoms with Gasteiger partial charge in [0, 0.05) is 32.5 Å². The number of aromatic amines is 1. The van der Waals surface area contributed by atoms with Gasteiger partial charge >= 0.3 is 0 Å². The minimum Gasteiger partial charge on any atom is -0.360 e. The van der Waals surface area contributed by atoms with Crippen molar-refractivity contribution in [3.63, 3.8) is 0 Å². The molecule has 0 radical (unpaired) electrons. The summed E-state index contributed by atoms with van der Waals surface area (Å²) in [5.41, 5.74) is 4.12. The molecule has 0 atom stereocenters. The molecule has 2 heterocycles. The third-order valence-corrected chi connectivity index (χ3v) is 3.93. The van der Waals surface area contributed by atoms with E-state index in [-0.39, 0.29) is 0 Å². The highest BCUT2D eigenvalue weighted by molar-refractivity contribution is 9.10. The van der Waals surface area contributed by atoms with Gasteiger partial charge in [-0.1, -0.05) is 34.1 Å². The normalized spacial score (nSPS) is 11.2. The molecular formula is C16H10BrN3. The van der Waals surface area contributed by atoms with Crippen LogP contribution in [0, 0.1) is 0 Å². The van der Waals surface area contributed by atoms with E-state index in [1.807, 2.05) is 30.5 Å². The largest absolute Gasteiger partial charge is 0.360 e. The summed E-state index contributed by atoms with van der Waals surface area (Å²) in [6, 6.07) is 14.3. The van der Waals surface area contributed by atoms with Crippen molar-refractivity contribution >= 4 is 37.7 Å². The number of aromatic nitrogens is 3. The van der Waals surface area contributed by atoms with Gasteiger partial charge in [0.25, 0.3) is 0 Å². The lowest BCUT2D eigenvalue weighted by molar-refractivity contribution is 1.23. The van der Waals surface area contributed by atoms with Gasteiger partial charge in [-0.25, -0.2) is 9.97 Å². The lowest BCUT2D eigenvalue weighted by Crippen LogP contribution is -1.87. The van der Waals surface area contributed by atoms with Crippen LogP contribution in [0.5, 0.6) is 0 Å². The SMILES string of the molecule is Brc1ccc2[nH]cc(-c3ncnc4ccccc34)c2c1. The molecule has 0 aliphatic heterocycles. The van der Waals surface area contributed by atoms with Gasteiger partial charge < -0.3 is 4.98 Å². The van der Waals surface area contributed by atoms with E-state index in [0.717, 1.165) is 37.5 Å². The summed E-state index contributed by atoms with van der Waals surface area (Å²) in [4.78, 5) is 12.1. The number of benzene rings is 2.